The molecule has 39 heavy (non-hydrogen) atoms. The first-order valence-corrected chi connectivity index (χ1v) is 15.0. The number of aryl methyl sites for hydroxylation is 1. The van der Waals surface area contributed by atoms with Crippen LogP contribution in [0.15, 0.2) is 30.3 Å². The van der Waals surface area contributed by atoms with Gasteiger partial charge in [-0.3, -0.25) is 0 Å². The van der Waals surface area contributed by atoms with E-state index in [1.165, 1.54) is 30.5 Å². The fourth-order valence-corrected chi connectivity index (χ4v) is 7.70. The van der Waals surface area contributed by atoms with Crippen molar-refractivity contribution in [2.24, 2.45) is 0 Å². The summed E-state index contributed by atoms with van der Waals surface area (Å²) in [5.41, 5.74) is 5.53. The Morgan fingerprint density at radius 1 is 1.05 bits per heavy atom. The van der Waals surface area contributed by atoms with Crippen molar-refractivity contribution in [3.05, 3.63) is 58.7 Å². The Morgan fingerprint density at radius 3 is 2.67 bits per heavy atom. The zero-order valence-corrected chi connectivity index (χ0v) is 23.3. The van der Waals surface area contributed by atoms with Crippen LogP contribution in [0.25, 0.3) is 10.8 Å². The zero-order chi connectivity index (χ0) is 26.5. The standard InChI is InChI=1S/C32H40FN5O/c1-3-25-27(33)12-9-20-6-4-8-29(30(20)25)38-15-13-26-28(18-38)35-32(39-19-24-7-5-14-37(24)2)36-31(26)21-16-22-10-11-23(17-21)34-22/h4,6,8-9,12,21-24,34H,3,5,7,10-11,13-19H2,1-2H3/t21?,22?,23?,24-/m0/s1. The second-order valence-corrected chi connectivity index (χ2v) is 12.1. The molecule has 3 aromatic rings. The predicted molar refractivity (Wildman–Crippen MR) is 153 cm³/mol. The molecule has 0 aliphatic carbocycles. The number of halogens is 1. The number of hydrogen-bond donors (Lipinski definition) is 1. The lowest BCUT2D eigenvalue weighted by atomic mass is 9.85. The van der Waals surface area contributed by atoms with E-state index in [0.717, 1.165) is 66.5 Å². The first-order chi connectivity index (χ1) is 19.1. The highest BCUT2D eigenvalue weighted by Gasteiger charge is 2.37. The van der Waals surface area contributed by atoms with Gasteiger partial charge in [0.15, 0.2) is 0 Å². The average Bonchev–Trinajstić information content (AvgIpc) is 3.53. The van der Waals surface area contributed by atoms with Crippen LogP contribution in [-0.2, 0) is 19.4 Å². The molecule has 2 bridgehead atoms. The molecular weight excluding hydrogens is 489 g/mol. The number of ether oxygens (including phenoxy) is 1. The molecule has 1 aromatic heterocycles. The molecule has 4 aliphatic rings. The number of aromatic nitrogens is 2. The lowest BCUT2D eigenvalue weighted by molar-refractivity contribution is 0.186. The van der Waals surface area contributed by atoms with Gasteiger partial charge in [-0.05, 0) is 93.6 Å². The number of nitrogens with one attached hydrogen (secondary N) is 1. The molecule has 0 saturated carbocycles. The minimum atomic E-state index is -0.118. The van der Waals surface area contributed by atoms with Crippen LogP contribution in [0.5, 0.6) is 6.01 Å². The van der Waals surface area contributed by atoms with Crippen molar-refractivity contribution >= 4 is 16.5 Å². The first kappa shape index (κ1) is 25.2. The number of rotatable bonds is 6. The number of hydrogen-bond acceptors (Lipinski definition) is 6. The quantitative estimate of drug-likeness (QED) is 0.464. The Labute approximate surface area is 231 Å². The van der Waals surface area contributed by atoms with E-state index >= 15 is 0 Å². The number of nitrogens with zero attached hydrogens (tertiary/aromatic N) is 4. The Hall–Kier alpha value is -2.77. The van der Waals surface area contributed by atoms with E-state index in [4.69, 9.17) is 14.7 Å². The third kappa shape index (κ3) is 4.67. The molecule has 6 nitrogen and oxygen atoms in total. The van der Waals surface area contributed by atoms with Gasteiger partial charge in [0.25, 0.3) is 0 Å². The van der Waals surface area contributed by atoms with Crippen molar-refractivity contribution in [2.45, 2.75) is 88.9 Å². The summed E-state index contributed by atoms with van der Waals surface area (Å²) in [7, 11) is 2.18. The van der Waals surface area contributed by atoms with Crippen molar-refractivity contribution in [1.29, 1.82) is 0 Å². The molecule has 4 aliphatic heterocycles. The highest BCUT2D eigenvalue weighted by atomic mass is 19.1. The van der Waals surface area contributed by atoms with E-state index < -0.39 is 0 Å². The smallest absolute Gasteiger partial charge is 0.316 e. The Kier molecular flexibility index (Phi) is 6.68. The van der Waals surface area contributed by atoms with Crippen molar-refractivity contribution in [3.63, 3.8) is 0 Å². The predicted octanol–water partition coefficient (Wildman–Crippen LogP) is 5.37. The Bertz CT molecular complexity index is 1370. The number of likely N-dealkylation sites (tertiary alicyclic amines) is 1. The van der Waals surface area contributed by atoms with Crippen LogP contribution < -0.4 is 15.0 Å². The van der Waals surface area contributed by atoms with Gasteiger partial charge in [0, 0.05) is 41.7 Å². The van der Waals surface area contributed by atoms with Crippen molar-refractivity contribution in [2.75, 3.05) is 31.6 Å². The van der Waals surface area contributed by atoms with Crippen molar-refractivity contribution in [1.82, 2.24) is 20.2 Å². The molecular formula is C32H40FN5O. The monoisotopic (exact) mass is 529 g/mol. The summed E-state index contributed by atoms with van der Waals surface area (Å²) in [5.74, 6) is 0.342. The topological polar surface area (TPSA) is 53.5 Å². The molecule has 7 rings (SSSR count). The third-order valence-electron chi connectivity index (χ3n) is 9.78. The average molecular weight is 530 g/mol. The molecule has 206 valence electrons. The number of anilines is 1. The van der Waals surface area contributed by atoms with Gasteiger partial charge in [0.2, 0.25) is 0 Å². The van der Waals surface area contributed by atoms with E-state index in [1.807, 2.05) is 13.0 Å². The third-order valence-corrected chi connectivity index (χ3v) is 9.78. The van der Waals surface area contributed by atoms with Crippen LogP contribution in [0.3, 0.4) is 0 Å². The minimum absolute atomic E-state index is 0.118. The summed E-state index contributed by atoms with van der Waals surface area (Å²) >= 11 is 0. The van der Waals surface area contributed by atoms with Crippen LogP contribution in [0.4, 0.5) is 10.1 Å². The second-order valence-electron chi connectivity index (χ2n) is 12.1. The minimum Gasteiger partial charge on any atom is -0.462 e. The number of benzene rings is 2. The number of piperidine rings is 1. The number of fused-ring (bicyclic) bond motifs is 4. The number of likely N-dealkylation sites (N-methyl/N-ethyl adjacent to an activating group) is 1. The molecule has 2 unspecified atom stereocenters. The van der Waals surface area contributed by atoms with E-state index in [-0.39, 0.29) is 5.82 Å². The Morgan fingerprint density at radius 2 is 1.90 bits per heavy atom. The first-order valence-electron chi connectivity index (χ1n) is 15.0. The fraction of sp³-hybridized carbons (Fsp3) is 0.562. The van der Waals surface area contributed by atoms with Crippen LogP contribution in [0, 0.1) is 5.82 Å². The van der Waals surface area contributed by atoms with Gasteiger partial charge in [0.05, 0.1) is 17.9 Å². The van der Waals surface area contributed by atoms with Crippen molar-refractivity contribution in [3.8, 4) is 6.01 Å². The molecule has 7 heteroatoms. The van der Waals surface area contributed by atoms with Gasteiger partial charge in [-0.2, -0.15) is 9.97 Å². The summed E-state index contributed by atoms with van der Waals surface area (Å²) in [5, 5.41) is 5.92. The summed E-state index contributed by atoms with van der Waals surface area (Å²) < 4.78 is 21.2. The van der Waals surface area contributed by atoms with Gasteiger partial charge in [-0.15, -0.1) is 0 Å². The van der Waals surface area contributed by atoms with E-state index in [0.29, 0.717) is 49.6 Å². The maximum Gasteiger partial charge on any atom is 0.316 e. The maximum atomic E-state index is 14.9. The molecule has 0 spiro atoms. The maximum absolute atomic E-state index is 14.9. The van der Waals surface area contributed by atoms with Gasteiger partial charge < -0.3 is 19.9 Å². The molecule has 3 fully saturated rings. The summed E-state index contributed by atoms with van der Waals surface area (Å²) in [6, 6.07) is 12.0. The highest BCUT2D eigenvalue weighted by Crippen LogP contribution is 2.41. The molecule has 0 amide bonds. The van der Waals surface area contributed by atoms with E-state index in [2.05, 4.69) is 40.4 Å². The lowest BCUT2D eigenvalue weighted by Gasteiger charge is -2.35. The van der Waals surface area contributed by atoms with Gasteiger partial charge in [-0.25, -0.2) is 4.39 Å². The van der Waals surface area contributed by atoms with Crippen LogP contribution in [-0.4, -0.2) is 59.7 Å². The van der Waals surface area contributed by atoms with E-state index in [1.54, 1.807) is 6.07 Å². The van der Waals surface area contributed by atoms with Gasteiger partial charge in [0.1, 0.15) is 12.4 Å². The van der Waals surface area contributed by atoms with Crippen LogP contribution in [0.1, 0.15) is 73.9 Å². The molecule has 5 heterocycles. The normalized spacial score (nSPS) is 26.8. The summed E-state index contributed by atoms with van der Waals surface area (Å²) in [6.07, 6.45) is 8.81. The van der Waals surface area contributed by atoms with Crippen molar-refractivity contribution < 1.29 is 9.13 Å². The fourth-order valence-electron chi connectivity index (χ4n) is 7.70. The second kappa shape index (κ2) is 10.3. The van der Waals surface area contributed by atoms with Crippen LogP contribution in [0.2, 0.25) is 0 Å². The van der Waals surface area contributed by atoms with Gasteiger partial charge in [-0.1, -0.05) is 25.1 Å². The SMILES string of the molecule is CCc1c(F)ccc2cccc(N3CCc4c(nc(OC[C@@H]5CCCN5C)nc4C4CC5CCC(C4)N5)C3)c12. The lowest BCUT2D eigenvalue weighted by Crippen LogP contribution is -2.39. The molecule has 3 saturated heterocycles. The van der Waals surface area contributed by atoms with E-state index in [9.17, 15) is 4.39 Å². The molecule has 3 atom stereocenters. The van der Waals surface area contributed by atoms with Gasteiger partial charge >= 0.3 is 6.01 Å². The summed E-state index contributed by atoms with van der Waals surface area (Å²) in [6.45, 7) is 5.38. The summed E-state index contributed by atoms with van der Waals surface area (Å²) in [4.78, 5) is 14.9. The molecule has 0 radical (unpaired) electrons. The zero-order valence-electron chi connectivity index (χ0n) is 23.3. The molecule has 1 N–H and O–H groups in total. The Balaban J connectivity index is 1.24. The largest absolute Gasteiger partial charge is 0.462 e. The van der Waals surface area contributed by atoms with Crippen LogP contribution >= 0.6 is 0 Å². The highest BCUT2D eigenvalue weighted by molar-refractivity contribution is 5.97. The molecule has 2 aromatic carbocycles.